The van der Waals surface area contributed by atoms with Crippen molar-refractivity contribution in [1.82, 2.24) is 25.5 Å². The monoisotopic (exact) mass is 437 g/mol. The minimum Gasteiger partial charge on any atom is -0.493 e. The van der Waals surface area contributed by atoms with Gasteiger partial charge in [-0.25, -0.2) is 9.07 Å². The molecule has 2 aromatic carbocycles. The molecule has 0 aliphatic rings. The normalized spacial score (nSPS) is 10.9. The van der Waals surface area contributed by atoms with E-state index in [1.165, 1.54) is 6.07 Å². The number of hydrogen-bond donors (Lipinski definition) is 1. The second kappa shape index (κ2) is 10.4. The van der Waals surface area contributed by atoms with Crippen molar-refractivity contribution in [2.75, 3.05) is 19.4 Å². The van der Waals surface area contributed by atoms with Crippen molar-refractivity contribution in [3.8, 4) is 11.5 Å². The molecule has 0 saturated heterocycles. The Morgan fingerprint density at radius 1 is 1.24 bits per heavy atom. The number of methoxy groups -OCH3 is 1. The predicted molar refractivity (Wildman–Crippen MR) is 110 cm³/mol. The average Bonchev–Trinajstić information content (AvgIpc) is 3.12. The molecule has 0 spiro atoms. The van der Waals surface area contributed by atoms with Gasteiger partial charge < -0.3 is 14.8 Å². The van der Waals surface area contributed by atoms with Crippen LogP contribution >= 0.6 is 23.4 Å². The van der Waals surface area contributed by atoms with Crippen LogP contribution in [0, 0.1) is 5.82 Å². The first kappa shape index (κ1) is 21.4. The van der Waals surface area contributed by atoms with E-state index in [-0.39, 0.29) is 6.61 Å². The number of nitrogens with one attached hydrogen (secondary N) is 1. The Hall–Kier alpha value is -2.36. The molecule has 0 aliphatic heterocycles. The van der Waals surface area contributed by atoms with Gasteiger partial charge in [-0.2, -0.15) is 0 Å². The van der Waals surface area contributed by atoms with Crippen LogP contribution in [0.3, 0.4) is 0 Å². The third-order valence-corrected chi connectivity index (χ3v) is 5.48. The van der Waals surface area contributed by atoms with Crippen LogP contribution in [-0.4, -0.2) is 39.6 Å². The molecule has 154 valence electrons. The molecule has 29 heavy (non-hydrogen) atoms. The fourth-order valence-corrected chi connectivity index (χ4v) is 3.58. The number of aryl methyl sites for hydroxylation is 1. The molecule has 1 aromatic heterocycles. The van der Waals surface area contributed by atoms with Crippen LogP contribution in [0.1, 0.15) is 11.1 Å². The van der Waals surface area contributed by atoms with E-state index in [1.54, 1.807) is 48.8 Å². The fourth-order valence-electron chi connectivity index (χ4n) is 2.62. The van der Waals surface area contributed by atoms with Crippen LogP contribution in [0.4, 0.5) is 4.39 Å². The molecular formula is C19H21ClFN5O2S. The van der Waals surface area contributed by atoms with E-state index in [1.807, 2.05) is 12.1 Å². The number of nitrogens with zero attached hydrogens (tertiary/aromatic N) is 4. The second-order valence-corrected chi connectivity index (χ2v) is 7.52. The number of ether oxygens (including phenoxy) is 2. The zero-order valence-electron chi connectivity index (χ0n) is 16.1. The van der Waals surface area contributed by atoms with Crippen molar-refractivity contribution in [3.63, 3.8) is 0 Å². The Morgan fingerprint density at radius 3 is 2.79 bits per heavy atom. The average molecular weight is 438 g/mol. The molecular weight excluding hydrogens is 417 g/mol. The number of rotatable bonds is 10. The summed E-state index contributed by atoms with van der Waals surface area (Å²) in [6.45, 7) is 1.32. The maximum atomic E-state index is 14.0. The van der Waals surface area contributed by atoms with Crippen LogP contribution < -0.4 is 14.8 Å². The molecule has 10 heteroatoms. The van der Waals surface area contributed by atoms with Gasteiger partial charge in [0.05, 0.1) is 12.1 Å². The first-order valence-electron chi connectivity index (χ1n) is 8.87. The maximum Gasteiger partial charge on any atom is 0.209 e. The molecule has 1 heterocycles. The van der Waals surface area contributed by atoms with Crippen molar-refractivity contribution < 1.29 is 13.9 Å². The smallest absolute Gasteiger partial charge is 0.209 e. The van der Waals surface area contributed by atoms with E-state index in [2.05, 4.69) is 20.8 Å². The van der Waals surface area contributed by atoms with Crippen molar-refractivity contribution in [2.24, 2.45) is 7.05 Å². The minimum absolute atomic E-state index is 0.00783. The van der Waals surface area contributed by atoms with Gasteiger partial charge in [0.2, 0.25) is 5.16 Å². The topological polar surface area (TPSA) is 74.1 Å². The number of halogens is 2. The van der Waals surface area contributed by atoms with E-state index >= 15 is 0 Å². The molecule has 0 saturated carbocycles. The number of hydrogen-bond acceptors (Lipinski definition) is 7. The van der Waals surface area contributed by atoms with Crippen molar-refractivity contribution in [3.05, 3.63) is 58.4 Å². The summed E-state index contributed by atoms with van der Waals surface area (Å²) in [6.07, 6.45) is 0. The summed E-state index contributed by atoms with van der Waals surface area (Å²) in [5, 5.41) is 15.8. The summed E-state index contributed by atoms with van der Waals surface area (Å²) in [4.78, 5) is 0. The Labute approximate surface area is 177 Å². The van der Waals surface area contributed by atoms with E-state index < -0.39 is 5.82 Å². The van der Waals surface area contributed by atoms with Gasteiger partial charge in [-0.1, -0.05) is 41.6 Å². The van der Waals surface area contributed by atoms with Gasteiger partial charge in [-0.3, -0.25) is 0 Å². The zero-order valence-corrected chi connectivity index (χ0v) is 17.6. The van der Waals surface area contributed by atoms with E-state index in [4.69, 9.17) is 21.1 Å². The van der Waals surface area contributed by atoms with Gasteiger partial charge >= 0.3 is 0 Å². The minimum atomic E-state index is -0.401. The molecule has 3 aromatic rings. The van der Waals surface area contributed by atoms with Gasteiger partial charge in [0.15, 0.2) is 11.5 Å². The highest BCUT2D eigenvalue weighted by molar-refractivity contribution is 7.99. The summed E-state index contributed by atoms with van der Waals surface area (Å²) in [5.74, 6) is 1.55. The SMILES string of the molecule is COc1cccc(CNCCSc2nnnn2C)c1OCc1c(F)cccc1Cl. The third kappa shape index (κ3) is 5.59. The standard InChI is InChI=1S/C19H21ClFN5O2S/c1-26-19(23-24-25-26)29-10-9-22-11-13-5-3-8-17(27-2)18(13)28-12-14-15(20)6-4-7-16(14)21/h3-8,22H,9-12H2,1-2H3. The molecule has 0 unspecified atom stereocenters. The summed E-state index contributed by atoms with van der Waals surface area (Å²) >= 11 is 7.66. The molecule has 0 atom stereocenters. The maximum absolute atomic E-state index is 14.0. The van der Waals surface area contributed by atoms with Crippen LogP contribution in [0.25, 0.3) is 0 Å². The van der Waals surface area contributed by atoms with Gasteiger partial charge in [-0.15, -0.1) is 5.10 Å². The Morgan fingerprint density at radius 2 is 2.07 bits per heavy atom. The molecule has 0 bridgehead atoms. The van der Waals surface area contributed by atoms with Crippen LogP contribution in [0.5, 0.6) is 11.5 Å². The first-order valence-corrected chi connectivity index (χ1v) is 10.2. The molecule has 7 nitrogen and oxygen atoms in total. The lowest BCUT2D eigenvalue weighted by Crippen LogP contribution is -2.17. The van der Waals surface area contributed by atoms with Crippen molar-refractivity contribution in [1.29, 1.82) is 0 Å². The molecule has 0 fully saturated rings. The van der Waals surface area contributed by atoms with E-state index in [9.17, 15) is 4.39 Å². The largest absolute Gasteiger partial charge is 0.493 e. The fraction of sp³-hybridized carbons (Fsp3) is 0.316. The summed E-state index contributed by atoms with van der Waals surface area (Å²) in [6, 6.07) is 10.2. The Bertz CT molecular complexity index is 936. The molecule has 0 aliphatic carbocycles. The molecule has 1 N–H and O–H groups in total. The lowest BCUT2D eigenvalue weighted by molar-refractivity contribution is 0.276. The highest BCUT2D eigenvalue weighted by atomic mass is 35.5. The van der Waals surface area contributed by atoms with E-state index in [0.717, 1.165) is 23.0 Å². The highest BCUT2D eigenvalue weighted by Gasteiger charge is 2.14. The first-order chi connectivity index (χ1) is 14.1. The van der Waals surface area contributed by atoms with Crippen LogP contribution in [0.2, 0.25) is 5.02 Å². The quantitative estimate of drug-likeness (QED) is 0.384. The number of thioether (sulfide) groups is 1. The van der Waals surface area contributed by atoms with Gasteiger partial charge in [0, 0.05) is 37.0 Å². The molecule has 0 amide bonds. The number of benzene rings is 2. The van der Waals surface area contributed by atoms with Gasteiger partial charge in [0.25, 0.3) is 0 Å². The number of aromatic nitrogens is 4. The van der Waals surface area contributed by atoms with Crippen molar-refractivity contribution >= 4 is 23.4 Å². The summed E-state index contributed by atoms with van der Waals surface area (Å²) < 4.78 is 27.0. The molecule has 0 radical (unpaired) electrons. The highest BCUT2D eigenvalue weighted by Crippen LogP contribution is 2.32. The lowest BCUT2D eigenvalue weighted by Gasteiger charge is -2.16. The van der Waals surface area contributed by atoms with Crippen molar-refractivity contribution in [2.45, 2.75) is 18.3 Å². The van der Waals surface area contributed by atoms with Gasteiger partial charge in [-0.05, 0) is 28.6 Å². The summed E-state index contributed by atoms with van der Waals surface area (Å²) in [5.41, 5.74) is 1.22. The van der Waals surface area contributed by atoms with E-state index in [0.29, 0.717) is 28.6 Å². The van der Waals surface area contributed by atoms with Gasteiger partial charge in [0.1, 0.15) is 12.4 Å². The Kier molecular flexibility index (Phi) is 7.68. The molecule has 3 rings (SSSR count). The number of tetrazole rings is 1. The summed E-state index contributed by atoms with van der Waals surface area (Å²) in [7, 11) is 3.37. The van der Waals surface area contributed by atoms with Crippen LogP contribution in [-0.2, 0) is 20.2 Å². The third-order valence-electron chi connectivity index (χ3n) is 4.11. The second-order valence-electron chi connectivity index (χ2n) is 6.05. The Balaban J connectivity index is 1.60. The van der Waals surface area contributed by atoms with Crippen LogP contribution in [0.15, 0.2) is 41.6 Å². The zero-order chi connectivity index (χ0) is 20.6. The lowest BCUT2D eigenvalue weighted by atomic mass is 10.1. The predicted octanol–water partition coefficient (Wildman–Crippen LogP) is 3.47. The number of para-hydroxylation sites is 1.